The van der Waals surface area contributed by atoms with Crippen LogP contribution >= 0.6 is 11.3 Å². The van der Waals surface area contributed by atoms with Gasteiger partial charge in [0.15, 0.2) is 11.6 Å². The summed E-state index contributed by atoms with van der Waals surface area (Å²) in [6, 6.07) is 6.56. The Morgan fingerprint density at radius 2 is 2.23 bits per heavy atom. The highest BCUT2D eigenvalue weighted by Gasteiger charge is 2.14. The molecule has 0 aliphatic heterocycles. The predicted molar refractivity (Wildman–Crippen MR) is 95.4 cm³/mol. The lowest BCUT2D eigenvalue weighted by molar-refractivity contribution is -0.130. The van der Waals surface area contributed by atoms with Gasteiger partial charge < -0.3 is 14.2 Å². The molecule has 1 amide bonds. The normalized spacial score (nSPS) is 10.7. The van der Waals surface area contributed by atoms with E-state index in [1.165, 1.54) is 18.1 Å². The Kier molecular flexibility index (Phi) is 5.62. The van der Waals surface area contributed by atoms with Crippen LogP contribution in [0.5, 0.6) is 5.75 Å². The van der Waals surface area contributed by atoms with Crippen LogP contribution in [-0.4, -0.2) is 35.1 Å². The van der Waals surface area contributed by atoms with E-state index in [1.807, 2.05) is 16.8 Å². The Bertz CT molecular complexity index is 880. The molecule has 3 rings (SSSR count). The zero-order valence-corrected chi connectivity index (χ0v) is 15.3. The Hall–Kier alpha value is -2.74. The van der Waals surface area contributed by atoms with Crippen molar-refractivity contribution in [2.45, 2.75) is 19.4 Å². The SMILES string of the molecule is COc1ccc(CN(C)C(=O)CCc2nc(-c3ccsc3)no2)cc1F. The molecular formula is C18H18FN3O3S. The fraction of sp³-hybridized carbons (Fsp3) is 0.278. The summed E-state index contributed by atoms with van der Waals surface area (Å²) >= 11 is 1.55. The first-order valence-corrected chi connectivity index (χ1v) is 8.92. The second-order valence-electron chi connectivity index (χ2n) is 5.74. The Morgan fingerprint density at radius 1 is 1.38 bits per heavy atom. The zero-order chi connectivity index (χ0) is 18.5. The molecule has 0 aliphatic carbocycles. The van der Waals surface area contributed by atoms with Crippen LogP contribution < -0.4 is 4.74 Å². The molecule has 0 unspecified atom stereocenters. The van der Waals surface area contributed by atoms with E-state index in [0.29, 0.717) is 30.2 Å². The number of hydrogen-bond donors (Lipinski definition) is 0. The number of hydrogen-bond acceptors (Lipinski definition) is 6. The molecule has 0 spiro atoms. The van der Waals surface area contributed by atoms with Crippen LogP contribution in [0.2, 0.25) is 0 Å². The summed E-state index contributed by atoms with van der Waals surface area (Å²) in [5.41, 5.74) is 1.59. The third kappa shape index (κ3) is 4.26. The Labute approximate surface area is 154 Å². The van der Waals surface area contributed by atoms with Gasteiger partial charge in [-0.05, 0) is 29.1 Å². The van der Waals surface area contributed by atoms with E-state index in [-0.39, 0.29) is 18.1 Å². The van der Waals surface area contributed by atoms with E-state index in [4.69, 9.17) is 9.26 Å². The largest absolute Gasteiger partial charge is 0.494 e. The van der Waals surface area contributed by atoms with E-state index < -0.39 is 5.82 Å². The molecule has 136 valence electrons. The van der Waals surface area contributed by atoms with Gasteiger partial charge in [-0.15, -0.1) is 0 Å². The molecule has 3 aromatic rings. The first-order chi connectivity index (χ1) is 12.6. The number of aryl methyl sites for hydroxylation is 1. The lowest BCUT2D eigenvalue weighted by Crippen LogP contribution is -2.26. The highest BCUT2D eigenvalue weighted by atomic mass is 32.1. The molecule has 6 nitrogen and oxygen atoms in total. The van der Waals surface area contributed by atoms with Crippen molar-refractivity contribution >= 4 is 17.2 Å². The Balaban J connectivity index is 1.54. The van der Waals surface area contributed by atoms with Gasteiger partial charge in [-0.1, -0.05) is 11.2 Å². The van der Waals surface area contributed by atoms with Crippen LogP contribution in [0, 0.1) is 5.82 Å². The Morgan fingerprint density at radius 3 is 2.92 bits per heavy atom. The second-order valence-corrected chi connectivity index (χ2v) is 6.52. The number of halogens is 1. The number of ether oxygens (including phenoxy) is 1. The summed E-state index contributed by atoms with van der Waals surface area (Å²) in [7, 11) is 3.09. The highest BCUT2D eigenvalue weighted by Crippen LogP contribution is 2.20. The van der Waals surface area contributed by atoms with Crippen LogP contribution in [0.25, 0.3) is 11.4 Å². The maximum Gasteiger partial charge on any atom is 0.227 e. The van der Waals surface area contributed by atoms with E-state index in [0.717, 1.165) is 5.56 Å². The smallest absolute Gasteiger partial charge is 0.227 e. The predicted octanol–water partition coefficient (Wildman–Crippen LogP) is 3.54. The number of methoxy groups -OCH3 is 1. The number of amides is 1. The molecule has 8 heteroatoms. The van der Waals surface area contributed by atoms with Crippen LogP contribution in [0.15, 0.2) is 39.5 Å². The number of rotatable bonds is 7. The van der Waals surface area contributed by atoms with Gasteiger partial charge in [-0.3, -0.25) is 4.79 Å². The molecule has 2 heterocycles. The molecule has 1 aromatic carbocycles. The summed E-state index contributed by atoms with van der Waals surface area (Å²) in [6.07, 6.45) is 0.595. The second kappa shape index (κ2) is 8.09. The molecule has 0 fully saturated rings. The minimum Gasteiger partial charge on any atom is -0.494 e. The van der Waals surface area contributed by atoms with Crippen LogP contribution in [-0.2, 0) is 17.8 Å². The lowest BCUT2D eigenvalue weighted by atomic mass is 10.2. The molecule has 0 saturated carbocycles. The van der Waals surface area contributed by atoms with Gasteiger partial charge in [0.05, 0.1) is 7.11 Å². The van der Waals surface area contributed by atoms with Gasteiger partial charge in [0.1, 0.15) is 0 Å². The molecule has 0 N–H and O–H groups in total. The zero-order valence-electron chi connectivity index (χ0n) is 14.4. The summed E-state index contributed by atoms with van der Waals surface area (Å²) in [5.74, 6) is 0.592. The van der Waals surface area contributed by atoms with E-state index in [2.05, 4.69) is 10.1 Å². The fourth-order valence-electron chi connectivity index (χ4n) is 2.44. The minimum atomic E-state index is -0.447. The number of thiophene rings is 1. The van der Waals surface area contributed by atoms with Crippen LogP contribution in [0.3, 0.4) is 0 Å². The maximum absolute atomic E-state index is 13.7. The summed E-state index contributed by atoms with van der Waals surface area (Å²) in [5, 5.41) is 7.79. The van der Waals surface area contributed by atoms with Gasteiger partial charge in [-0.2, -0.15) is 16.3 Å². The van der Waals surface area contributed by atoms with E-state index >= 15 is 0 Å². The minimum absolute atomic E-state index is 0.0866. The fourth-order valence-corrected chi connectivity index (χ4v) is 3.07. The molecule has 0 saturated heterocycles. The third-order valence-corrected chi connectivity index (χ3v) is 4.55. The van der Waals surface area contributed by atoms with Gasteiger partial charge in [0, 0.05) is 37.4 Å². The summed E-state index contributed by atoms with van der Waals surface area (Å²) in [4.78, 5) is 18.1. The molecule has 2 aromatic heterocycles. The lowest BCUT2D eigenvalue weighted by Gasteiger charge is -2.17. The van der Waals surface area contributed by atoms with Crippen molar-refractivity contribution in [3.63, 3.8) is 0 Å². The van der Waals surface area contributed by atoms with Gasteiger partial charge in [-0.25, -0.2) is 4.39 Å². The maximum atomic E-state index is 13.7. The standard InChI is InChI=1S/C18H18FN3O3S/c1-22(10-12-3-4-15(24-2)14(19)9-12)17(23)6-5-16-20-18(21-25-16)13-7-8-26-11-13/h3-4,7-9,11H,5-6,10H2,1-2H3. The van der Waals surface area contributed by atoms with E-state index in [1.54, 1.807) is 30.5 Å². The first kappa shape index (κ1) is 18.1. The topological polar surface area (TPSA) is 68.5 Å². The molecule has 0 aliphatic rings. The average molecular weight is 375 g/mol. The number of aromatic nitrogens is 2. The van der Waals surface area contributed by atoms with Crippen LogP contribution in [0.4, 0.5) is 4.39 Å². The summed E-state index contributed by atoms with van der Waals surface area (Å²) in [6.45, 7) is 0.309. The molecule has 0 radical (unpaired) electrons. The third-order valence-electron chi connectivity index (χ3n) is 3.86. The van der Waals surface area contributed by atoms with Crippen molar-refractivity contribution < 1.29 is 18.4 Å². The average Bonchev–Trinajstić information content (AvgIpc) is 3.31. The number of carbonyl (C=O) groups excluding carboxylic acids is 1. The molecule has 0 atom stereocenters. The monoisotopic (exact) mass is 375 g/mol. The van der Waals surface area contributed by atoms with Crippen molar-refractivity contribution in [3.8, 4) is 17.1 Å². The van der Waals surface area contributed by atoms with Gasteiger partial charge in [0.2, 0.25) is 17.6 Å². The van der Waals surface area contributed by atoms with Crippen molar-refractivity contribution in [2.24, 2.45) is 0 Å². The van der Waals surface area contributed by atoms with Crippen molar-refractivity contribution in [3.05, 3.63) is 52.3 Å². The highest BCUT2D eigenvalue weighted by molar-refractivity contribution is 7.08. The number of benzene rings is 1. The number of nitrogens with zero attached hydrogens (tertiary/aromatic N) is 3. The van der Waals surface area contributed by atoms with Crippen molar-refractivity contribution in [1.82, 2.24) is 15.0 Å². The van der Waals surface area contributed by atoms with Crippen LogP contribution in [0.1, 0.15) is 17.9 Å². The van der Waals surface area contributed by atoms with Crippen molar-refractivity contribution in [1.29, 1.82) is 0 Å². The molecule has 0 bridgehead atoms. The van der Waals surface area contributed by atoms with Gasteiger partial charge in [0.25, 0.3) is 0 Å². The van der Waals surface area contributed by atoms with E-state index in [9.17, 15) is 9.18 Å². The first-order valence-electron chi connectivity index (χ1n) is 7.98. The van der Waals surface area contributed by atoms with Crippen molar-refractivity contribution in [2.75, 3.05) is 14.2 Å². The summed E-state index contributed by atoms with van der Waals surface area (Å²) < 4.78 is 23.8. The molecule has 26 heavy (non-hydrogen) atoms. The number of carbonyl (C=O) groups is 1. The molecular weight excluding hydrogens is 357 g/mol. The quantitative estimate of drug-likeness (QED) is 0.632. The van der Waals surface area contributed by atoms with Gasteiger partial charge >= 0.3 is 0 Å².